The van der Waals surface area contributed by atoms with Gasteiger partial charge < -0.3 is 17.3 Å². The quantitative estimate of drug-likeness (QED) is 0.447. The van der Waals surface area contributed by atoms with Crippen LogP contribution < -0.4 is 12.4 Å². The van der Waals surface area contributed by atoms with Crippen LogP contribution in [0.15, 0.2) is 36.0 Å². The molecule has 2 aliphatic heterocycles. The number of nitro benzene ring substituents is 1. The first-order valence-corrected chi connectivity index (χ1v) is 8.25. The van der Waals surface area contributed by atoms with E-state index in [1.54, 1.807) is 12.1 Å². The number of hydrogen-bond donors (Lipinski definition) is 0. The van der Waals surface area contributed by atoms with E-state index in [1.807, 2.05) is 12.1 Å². The standard InChI is InChI=1S/C18H24N3O2.ClH/c1-18(2)13-17(19-10-3-4-11-19)9-12-20(18)14-15-5-7-16(8-6-15)21(22)23;/h5-9,12H,3-4,10-11,13-14H2,1-2H3;1H/q+1;/p-1. The van der Waals surface area contributed by atoms with Gasteiger partial charge in [-0.1, -0.05) is 0 Å². The summed E-state index contributed by atoms with van der Waals surface area (Å²) in [5, 5.41) is 10.7. The van der Waals surface area contributed by atoms with Gasteiger partial charge in [0.2, 0.25) is 0 Å². The molecule has 0 atom stereocenters. The van der Waals surface area contributed by atoms with Gasteiger partial charge in [0.1, 0.15) is 0 Å². The lowest BCUT2D eigenvalue weighted by Crippen LogP contribution is -3.00. The summed E-state index contributed by atoms with van der Waals surface area (Å²) in [6.45, 7) is 7.65. The summed E-state index contributed by atoms with van der Waals surface area (Å²) in [4.78, 5) is 12.9. The Morgan fingerprint density at radius 1 is 1.21 bits per heavy atom. The Morgan fingerprint density at radius 3 is 2.38 bits per heavy atom. The van der Waals surface area contributed by atoms with Crippen molar-refractivity contribution in [3.63, 3.8) is 0 Å². The zero-order chi connectivity index (χ0) is 16.4. The highest BCUT2D eigenvalue weighted by Gasteiger charge is 2.35. The van der Waals surface area contributed by atoms with Crippen molar-refractivity contribution in [1.82, 2.24) is 4.90 Å². The van der Waals surface area contributed by atoms with Crippen molar-refractivity contribution < 1.29 is 21.9 Å². The molecular weight excluding hydrogens is 326 g/mol. The average molecular weight is 350 g/mol. The molecular formula is C18H24ClN3O2. The average Bonchev–Trinajstić information content (AvgIpc) is 3.04. The number of allylic oxidation sites excluding steroid dienone is 1. The van der Waals surface area contributed by atoms with E-state index in [4.69, 9.17) is 0 Å². The Balaban J connectivity index is 0.00000208. The molecule has 0 saturated carbocycles. The van der Waals surface area contributed by atoms with E-state index < -0.39 is 0 Å². The minimum Gasteiger partial charge on any atom is -1.00 e. The predicted molar refractivity (Wildman–Crippen MR) is 90.7 cm³/mol. The van der Waals surface area contributed by atoms with Crippen LogP contribution in [0.5, 0.6) is 0 Å². The fourth-order valence-electron chi connectivity index (χ4n) is 3.39. The summed E-state index contributed by atoms with van der Waals surface area (Å²) in [7, 11) is 0. The van der Waals surface area contributed by atoms with Crippen LogP contribution >= 0.6 is 0 Å². The molecule has 0 unspecified atom stereocenters. The molecule has 0 aromatic heterocycles. The molecule has 1 aromatic rings. The molecule has 2 heterocycles. The highest BCUT2D eigenvalue weighted by atomic mass is 35.5. The molecule has 3 rings (SSSR count). The number of halogens is 1. The third kappa shape index (κ3) is 3.96. The maximum absolute atomic E-state index is 10.7. The van der Waals surface area contributed by atoms with Crippen LogP contribution in [-0.2, 0) is 6.54 Å². The molecule has 0 amide bonds. The van der Waals surface area contributed by atoms with Crippen LogP contribution in [0, 0.1) is 10.1 Å². The molecule has 5 nitrogen and oxygen atoms in total. The second-order valence-electron chi connectivity index (χ2n) is 7.04. The van der Waals surface area contributed by atoms with Gasteiger partial charge in [-0.25, -0.2) is 4.58 Å². The summed E-state index contributed by atoms with van der Waals surface area (Å²) in [6, 6.07) is 6.86. The van der Waals surface area contributed by atoms with Crippen molar-refractivity contribution in [1.29, 1.82) is 0 Å². The van der Waals surface area contributed by atoms with Gasteiger partial charge in [0, 0.05) is 56.4 Å². The van der Waals surface area contributed by atoms with E-state index in [0.29, 0.717) is 0 Å². The second kappa shape index (κ2) is 7.34. The van der Waals surface area contributed by atoms with E-state index >= 15 is 0 Å². The molecule has 2 aliphatic rings. The normalized spacial score (nSPS) is 19.3. The van der Waals surface area contributed by atoms with Crippen molar-refractivity contribution in [2.24, 2.45) is 0 Å². The van der Waals surface area contributed by atoms with E-state index in [2.05, 4.69) is 35.6 Å². The fraction of sp³-hybridized carbons (Fsp3) is 0.500. The zero-order valence-electron chi connectivity index (χ0n) is 14.2. The smallest absolute Gasteiger partial charge is 0.269 e. The maximum atomic E-state index is 10.7. The lowest BCUT2D eigenvalue weighted by molar-refractivity contribution is -0.612. The van der Waals surface area contributed by atoms with Gasteiger partial charge in [-0.3, -0.25) is 10.1 Å². The van der Waals surface area contributed by atoms with E-state index in [9.17, 15) is 10.1 Å². The minimum absolute atomic E-state index is 0. The van der Waals surface area contributed by atoms with Gasteiger partial charge in [-0.2, -0.15) is 0 Å². The summed E-state index contributed by atoms with van der Waals surface area (Å²) in [5.74, 6) is 0. The van der Waals surface area contributed by atoms with Gasteiger partial charge in [0.05, 0.1) is 11.3 Å². The van der Waals surface area contributed by atoms with Crippen molar-refractivity contribution in [2.45, 2.75) is 45.2 Å². The third-order valence-corrected chi connectivity index (χ3v) is 4.85. The van der Waals surface area contributed by atoms with Crippen molar-refractivity contribution in [3.05, 3.63) is 51.7 Å². The lowest BCUT2D eigenvalue weighted by atomic mass is 9.93. The predicted octanol–water partition coefficient (Wildman–Crippen LogP) is 0.344. The topological polar surface area (TPSA) is 49.4 Å². The molecule has 1 saturated heterocycles. The maximum Gasteiger partial charge on any atom is 0.269 e. The van der Waals surface area contributed by atoms with Crippen LogP contribution in [0.4, 0.5) is 5.69 Å². The van der Waals surface area contributed by atoms with E-state index in [0.717, 1.165) is 18.5 Å². The van der Waals surface area contributed by atoms with Gasteiger partial charge in [-0.05, 0) is 25.0 Å². The number of non-ortho nitro benzene ring substituents is 1. The Hall–Kier alpha value is -1.88. The first-order chi connectivity index (χ1) is 11.0. The number of rotatable bonds is 4. The summed E-state index contributed by atoms with van der Waals surface area (Å²) < 4.78 is 2.33. The Kier molecular flexibility index (Phi) is 5.65. The summed E-state index contributed by atoms with van der Waals surface area (Å²) in [6.07, 6.45) is 8.05. The number of likely N-dealkylation sites (tertiary alicyclic amines) is 1. The summed E-state index contributed by atoms with van der Waals surface area (Å²) in [5.41, 5.74) is 2.73. The van der Waals surface area contributed by atoms with Gasteiger partial charge in [-0.15, -0.1) is 0 Å². The molecule has 1 aromatic carbocycles. The molecule has 6 heteroatoms. The molecule has 0 bridgehead atoms. The number of hydrogen-bond acceptors (Lipinski definition) is 3. The minimum atomic E-state index is -0.355. The van der Waals surface area contributed by atoms with Crippen molar-refractivity contribution >= 4 is 11.9 Å². The first kappa shape index (κ1) is 18.5. The highest BCUT2D eigenvalue weighted by Crippen LogP contribution is 2.28. The molecule has 0 radical (unpaired) electrons. The third-order valence-electron chi connectivity index (χ3n) is 4.85. The molecule has 0 N–H and O–H groups in total. The zero-order valence-corrected chi connectivity index (χ0v) is 15.0. The van der Waals surface area contributed by atoms with Gasteiger partial charge >= 0.3 is 0 Å². The Labute approximate surface area is 149 Å². The second-order valence-corrected chi connectivity index (χ2v) is 7.04. The van der Waals surface area contributed by atoms with Crippen LogP contribution in [0.3, 0.4) is 0 Å². The van der Waals surface area contributed by atoms with Gasteiger partial charge in [0.15, 0.2) is 18.3 Å². The molecule has 1 fully saturated rings. The largest absolute Gasteiger partial charge is 1.00 e. The lowest BCUT2D eigenvalue weighted by Gasteiger charge is -2.31. The number of benzene rings is 1. The number of nitro groups is 1. The molecule has 130 valence electrons. The van der Waals surface area contributed by atoms with Crippen molar-refractivity contribution in [3.8, 4) is 0 Å². The van der Waals surface area contributed by atoms with Crippen LogP contribution in [-0.4, -0.2) is 39.2 Å². The molecule has 0 aliphatic carbocycles. The molecule has 24 heavy (non-hydrogen) atoms. The van der Waals surface area contributed by atoms with Crippen LogP contribution in [0.1, 0.15) is 38.7 Å². The van der Waals surface area contributed by atoms with Crippen LogP contribution in [0.25, 0.3) is 0 Å². The fourth-order valence-corrected chi connectivity index (χ4v) is 3.39. The Bertz CT molecular complexity index is 659. The monoisotopic (exact) mass is 349 g/mol. The SMILES string of the molecule is CC1(C)CC(N2CCCC2)=CC=[N+]1Cc1ccc([N+](=O)[O-])cc1.[Cl-]. The van der Waals surface area contributed by atoms with Crippen molar-refractivity contribution in [2.75, 3.05) is 13.1 Å². The highest BCUT2D eigenvalue weighted by molar-refractivity contribution is 5.68. The summed E-state index contributed by atoms with van der Waals surface area (Å²) >= 11 is 0. The van der Waals surface area contributed by atoms with E-state index in [1.165, 1.54) is 31.6 Å². The van der Waals surface area contributed by atoms with Crippen LogP contribution in [0.2, 0.25) is 0 Å². The first-order valence-electron chi connectivity index (χ1n) is 8.25. The van der Waals surface area contributed by atoms with Gasteiger partial charge in [0.25, 0.3) is 5.69 Å². The Morgan fingerprint density at radius 2 is 1.83 bits per heavy atom. The molecule has 0 spiro atoms. The number of nitrogens with zero attached hydrogens (tertiary/aromatic N) is 3. The van der Waals surface area contributed by atoms with E-state index in [-0.39, 0.29) is 28.6 Å².